The maximum absolute atomic E-state index is 14.1. The summed E-state index contributed by atoms with van der Waals surface area (Å²) in [6.45, 7) is 5.67. The molecule has 4 fully saturated rings. The first-order chi connectivity index (χ1) is 35.9. The Labute approximate surface area is 436 Å². The van der Waals surface area contributed by atoms with Gasteiger partial charge >= 0.3 is 6.18 Å². The van der Waals surface area contributed by atoms with E-state index in [1.54, 1.807) is 30.4 Å². The Bertz CT molecular complexity index is 2490. The monoisotopic (exact) mass is 1050 g/mol. The fraction of sp³-hybridized carbons (Fsp3) is 0.623. The normalized spacial score (nSPS) is 24.1. The fourth-order valence-electron chi connectivity index (χ4n) is 11.1. The van der Waals surface area contributed by atoms with Crippen molar-refractivity contribution in [2.45, 2.75) is 159 Å². The Balaban J connectivity index is 0.770. The van der Waals surface area contributed by atoms with Gasteiger partial charge < -0.3 is 46.6 Å². The van der Waals surface area contributed by atoms with Crippen LogP contribution in [0.4, 0.5) is 19.0 Å². The largest absolute Gasteiger partial charge is 0.416 e. The van der Waals surface area contributed by atoms with Crippen molar-refractivity contribution in [3.8, 4) is 0 Å². The molecule has 22 heteroatoms. The minimum absolute atomic E-state index is 0.0779. The molecule has 2 aliphatic carbocycles. The van der Waals surface area contributed by atoms with Crippen LogP contribution < -0.4 is 31.9 Å². The van der Waals surface area contributed by atoms with Crippen molar-refractivity contribution in [3.63, 3.8) is 0 Å². The lowest BCUT2D eigenvalue weighted by Crippen LogP contribution is -2.59. The summed E-state index contributed by atoms with van der Waals surface area (Å²) >= 11 is 0. The first kappa shape index (κ1) is 56.3. The molecule has 2 aromatic heterocycles. The number of hydrogen-bond donors (Lipinski definition) is 6. The predicted molar refractivity (Wildman–Crippen MR) is 273 cm³/mol. The molecule has 7 rings (SSSR count). The molecule has 3 aromatic rings. The number of benzene rings is 1. The van der Waals surface area contributed by atoms with Crippen LogP contribution in [0.1, 0.15) is 127 Å². The Morgan fingerprint density at radius 3 is 2.23 bits per heavy atom. The maximum atomic E-state index is 14.1. The molecule has 0 bridgehead atoms. The third-order valence-corrected chi connectivity index (χ3v) is 15.5. The molecule has 75 heavy (non-hydrogen) atoms. The number of anilines is 1. The summed E-state index contributed by atoms with van der Waals surface area (Å²) in [6, 6.07) is 5.55. The van der Waals surface area contributed by atoms with Gasteiger partial charge in [-0.3, -0.25) is 38.5 Å². The third-order valence-electron chi connectivity index (χ3n) is 15.5. The number of hydrogen-bond acceptors (Lipinski definition) is 12. The van der Waals surface area contributed by atoms with E-state index in [0.29, 0.717) is 95.9 Å². The summed E-state index contributed by atoms with van der Waals surface area (Å²) in [4.78, 5) is 109. The molecular formula is C53H73F3N12O7. The van der Waals surface area contributed by atoms with Gasteiger partial charge in [-0.2, -0.15) is 13.2 Å². The van der Waals surface area contributed by atoms with Crippen molar-refractivity contribution in [2.75, 3.05) is 45.6 Å². The van der Waals surface area contributed by atoms with Gasteiger partial charge in [-0.25, -0.2) is 9.97 Å². The number of carbonyl (C=O) groups excluding carboxylic acids is 7. The van der Waals surface area contributed by atoms with E-state index in [-0.39, 0.29) is 120 Å². The van der Waals surface area contributed by atoms with Gasteiger partial charge in [0.05, 0.1) is 35.1 Å². The molecule has 0 radical (unpaired) electrons. The number of likely N-dealkylation sites (tertiary alicyclic amines) is 2. The van der Waals surface area contributed by atoms with E-state index >= 15 is 0 Å². The van der Waals surface area contributed by atoms with Crippen molar-refractivity contribution < 1.29 is 46.7 Å². The lowest BCUT2D eigenvalue weighted by atomic mass is 9.82. The minimum Gasteiger partial charge on any atom is -0.358 e. The van der Waals surface area contributed by atoms with E-state index in [1.807, 2.05) is 11.0 Å². The molecule has 7 amide bonds. The van der Waals surface area contributed by atoms with Gasteiger partial charge in [-0.15, -0.1) is 0 Å². The number of amides is 7. The van der Waals surface area contributed by atoms with E-state index in [2.05, 4.69) is 72.6 Å². The van der Waals surface area contributed by atoms with Gasteiger partial charge in [-0.1, -0.05) is 6.07 Å². The first-order valence-electron chi connectivity index (χ1n) is 26.5. The van der Waals surface area contributed by atoms with Crippen LogP contribution >= 0.6 is 0 Å². The Kier molecular flexibility index (Phi) is 19.4. The van der Waals surface area contributed by atoms with Crippen molar-refractivity contribution in [3.05, 3.63) is 60.2 Å². The molecular weight excluding hydrogens is 974 g/mol. The van der Waals surface area contributed by atoms with Crippen molar-refractivity contribution in [1.82, 2.24) is 56.2 Å². The molecule has 2 saturated heterocycles. The molecule has 0 unspecified atom stereocenters. The van der Waals surface area contributed by atoms with Crippen LogP contribution in [0.15, 0.2) is 49.1 Å². The Morgan fingerprint density at radius 2 is 1.52 bits per heavy atom. The predicted octanol–water partition coefficient (Wildman–Crippen LogP) is 4.39. The summed E-state index contributed by atoms with van der Waals surface area (Å²) in [5.41, 5.74) is 0.288. The molecule has 1 aromatic carbocycles. The van der Waals surface area contributed by atoms with Gasteiger partial charge in [0.15, 0.2) is 0 Å². The van der Waals surface area contributed by atoms with E-state index in [4.69, 9.17) is 0 Å². The Hall–Kier alpha value is -6.45. The van der Waals surface area contributed by atoms with Crippen LogP contribution in [-0.4, -0.2) is 148 Å². The standard InChI is InChI=1S/C53H73F3N12O7/c1-32(2)66(3)37-18-20-43(68-26-21-41(52(68)75)64-49-38-27-35(53(54,55)56)15-19-40(38)61-31-62-49)42(28-37)65-50(73)33-13-16-36(17-14-33)63-46(71)11-5-10-44(69)58-23-7-12-45(70)59-24-8-25-60-51(74)39-29-47(72)67(4)48(39)34-9-6-22-57-30-34/h6,9,15,19,22,27,30-33,36-37,39,41-43,48H,5,7-8,10-14,16-18,20-21,23-26,28-29H2,1-4H3,(H,58,69)(H,59,70)(H,60,74)(H,63,71)(H,65,73)(H,61,62,64)/t33-,36+,37-,39+,41+,42-,43+,48-/m1/s1. The zero-order valence-electron chi connectivity index (χ0n) is 43.4. The van der Waals surface area contributed by atoms with Gasteiger partial charge in [0.25, 0.3) is 0 Å². The van der Waals surface area contributed by atoms with Crippen LogP contribution in [0, 0.1) is 11.8 Å². The maximum Gasteiger partial charge on any atom is 0.416 e. The van der Waals surface area contributed by atoms with E-state index in [0.717, 1.165) is 24.1 Å². The number of rotatable bonds is 22. The van der Waals surface area contributed by atoms with Gasteiger partial charge in [0, 0.05) is 101 Å². The summed E-state index contributed by atoms with van der Waals surface area (Å²) < 4.78 is 40.8. The van der Waals surface area contributed by atoms with Crippen molar-refractivity contribution >= 4 is 58.1 Å². The van der Waals surface area contributed by atoms with Crippen molar-refractivity contribution in [1.29, 1.82) is 0 Å². The van der Waals surface area contributed by atoms with Crippen LogP contribution in [0.25, 0.3) is 10.9 Å². The number of carbonyl (C=O) groups is 7. The topological polar surface area (TPSA) is 240 Å². The highest BCUT2D eigenvalue weighted by Crippen LogP contribution is 2.38. The second kappa shape index (κ2) is 25.9. The smallest absolute Gasteiger partial charge is 0.358 e. The van der Waals surface area contributed by atoms with Crippen LogP contribution in [0.3, 0.4) is 0 Å². The summed E-state index contributed by atoms with van der Waals surface area (Å²) in [5, 5.41) is 18.2. The lowest BCUT2D eigenvalue weighted by molar-refractivity contribution is -0.137. The lowest BCUT2D eigenvalue weighted by Gasteiger charge is -2.45. The number of halogens is 3. The zero-order chi connectivity index (χ0) is 53.8. The van der Waals surface area contributed by atoms with Crippen LogP contribution in [-0.2, 0) is 39.7 Å². The second-order valence-corrected chi connectivity index (χ2v) is 20.8. The van der Waals surface area contributed by atoms with E-state index < -0.39 is 23.7 Å². The van der Waals surface area contributed by atoms with Gasteiger partial charge in [0.2, 0.25) is 41.4 Å². The molecule has 4 heterocycles. The molecule has 0 spiro atoms. The third kappa shape index (κ3) is 14.9. The molecule has 19 nitrogen and oxygen atoms in total. The second-order valence-electron chi connectivity index (χ2n) is 20.8. The molecule has 6 N–H and O–H groups in total. The number of nitrogens with zero attached hydrogens (tertiary/aromatic N) is 6. The van der Waals surface area contributed by atoms with Crippen molar-refractivity contribution in [2.24, 2.45) is 11.8 Å². The van der Waals surface area contributed by atoms with Gasteiger partial charge in [0.1, 0.15) is 18.2 Å². The highest BCUT2D eigenvalue weighted by atomic mass is 19.4. The van der Waals surface area contributed by atoms with Crippen LogP contribution in [0.2, 0.25) is 0 Å². The molecule has 2 saturated carbocycles. The molecule has 6 atom stereocenters. The highest BCUT2D eigenvalue weighted by molar-refractivity contribution is 5.94. The number of fused-ring (bicyclic) bond motifs is 1. The summed E-state index contributed by atoms with van der Waals surface area (Å²) in [7, 11) is 3.76. The average molecular weight is 1050 g/mol. The SMILES string of the molecule is CC(C)N(C)[C@@H]1CC[C@H](N2CC[C@H](Nc3ncnc4ccc(C(F)(F)F)cc34)C2=O)[C@H](NC(=O)[C@H]2CC[C@@H](NC(=O)CCCC(=O)NCCCC(=O)NCCCNC(=O)[C@H]3CC(=O)N(C)[C@@H]3c3cccnc3)CC2)C1. The van der Waals surface area contributed by atoms with E-state index in [9.17, 15) is 46.7 Å². The minimum atomic E-state index is -4.56. The molecule has 408 valence electrons. The Morgan fingerprint density at radius 1 is 0.813 bits per heavy atom. The number of nitrogens with one attached hydrogen (secondary N) is 6. The first-order valence-corrected chi connectivity index (χ1v) is 26.5. The average Bonchev–Trinajstić information content (AvgIpc) is 3.90. The number of alkyl halides is 3. The van der Waals surface area contributed by atoms with E-state index in [1.165, 1.54) is 12.4 Å². The number of pyridine rings is 1. The van der Waals surface area contributed by atoms with Gasteiger partial charge in [-0.05, 0) is 121 Å². The molecule has 4 aliphatic rings. The highest BCUT2D eigenvalue weighted by Gasteiger charge is 2.45. The zero-order valence-corrected chi connectivity index (χ0v) is 43.4. The quantitative estimate of drug-likeness (QED) is 0.0769. The summed E-state index contributed by atoms with van der Waals surface area (Å²) in [5.74, 6) is -1.77. The fourth-order valence-corrected chi connectivity index (χ4v) is 11.1. The summed E-state index contributed by atoms with van der Waals surface area (Å²) in [6.07, 6.45) is 6.94. The van der Waals surface area contributed by atoms with Crippen LogP contribution in [0.5, 0.6) is 0 Å². The number of aromatic nitrogens is 3. The molecule has 2 aliphatic heterocycles.